The van der Waals surface area contributed by atoms with E-state index < -0.39 is 0 Å². The molecule has 0 atom stereocenters. The normalized spacial score (nSPS) is 11.2. The van der Waals surface area contributed by atoms with E-state index >= 15 is 0 Å². The van der Waals surface area contributed by atoms with Crippen LogP contribution in [-0.4, -0.2) is 9.97 Å². The highest BCUT2D eigenvalue weighted by atomic mass is 15.2. The molecule has 96 heavy (non-hydrogen) atoms. The van der Waals surface area contributed by atoms with Crippen LogP contribution in [0.25, 0.3) is 57.9 Å². The minimum Gasteiger partial charge on any atom is -0.310 e. The maximum absolute atomic E-state index is 4.77. The summed E-state index contributed by atoms with van der Waals surface area (Å²) >= 11 is 0. The zero-order chi connectivity index (χ0) is 65.2. The first-order valence-corrected chi connectivity index (χ1v) is 32.7. The van der Waals surface area contributed by atoms with E-state index in [9.17, 15) is 0 Å². The van der Waals surface area contributed by atoms with E-state index in [2.05, 4.69) is 387 Å². The zero-order valence-corrected chi connectivity index (χ0v) is 54.3. The first kappa shape index (κ1) is 61.1. The molecule has 0 aliphatic rings. The van der Waals surface area contributed by atoms with E-state index in [-0.39, 0.29) is 0 Å². The molecule has 0 spiro atoms. The first-order chi connectivity index (χ1) is 47.2. The van der Waals surface area contributed by atoms with Gasteiger partial charge in [0.1, 0.15) is 0 Å². The fourth-order valence-electron chi connectivity index (χ4n) is 12.5. The number of pyridine rings is 2. The van der Waals surface area contributed by atoms with Gasteiger partial charge in [-0.05, 0) is 264 Å². The Balaban J connectivity index is 0.643. The van der Waals surface area contributed by atoms with Gasteiger partial charge in [0.05, 0.1) is 11.4 Å². The van der Waals surface area contributed by atoms with Gasteiger partial charge in [-0.15, -0.1) is 0 Å². The van der Waals surface area contributed by atoms with E-state index in [0.717, 1.165) is 124 Å². The number of nitrogens with zero attached hydrogens (tertiary/aromatic N) is 6. The van der Waals surface area contributed by atoms with Crippen molar-refractivity contribution < 1.29 is 0 Å². The summed E-state index contributed by atoms with van der Waals surface area (Å²) in [7, 11) is 0. The number of rotatable bonds is 19. The van der Waals surface area contributed by atoms with Crippen molar-refractivity contribution in [3.05, 3.63) is 384 Å². The van der Waals surface area contributed by atoms with Crippen LogP contribution < -0.4 is 19.6 Å². The Morgan fingerprint density at radius 1 is 0.198 bits per heavy atom. The van der Waals surface area contributed by atoms with E-state index in [0.29, 0.717) is 0 Å². The van der Waals surface area contributed by atoms with Gasteiger partial charge in [-0.25, -0.2) is 0 Å². The number of benzene rings is 12. The number of hydrogen-bond donors (Lipinski definition) is 0. The highest BCUT2D eigenvalue weighted by molar-refractivity contribution is 5.85. The highest BCUT2D eigenvalue weighted by Gasteiger charge is 2.18. The molecule has 12 aromatic carbocycles. The third-order valence-electron chi connectivity index (χ3n) is 17.3. The Hall–Kier alpha value is -12.4. The Morgan fingerprint density at radius 2 is 0.427 bits per heavy atom. The van der Waals surface area contributed by atoms with E-state index in [1.54, 1.807) is 0 Å². The number of anilines is 12. The fourth-order valence-corrected chi connectivity index (χ4v) is 12.5. The van der Waals surface area contributed by atoms with Gasteiger partial charge >= 0.3 is 0 Å². The molecular weight excluding hydrogens is 1170 g/mol. The monoisotopic (exact) mass is 1240 g/mol. The van der Waals surface area contributed by atoms with Crippen LogP contribution in [-0.2, 0) is 0 Å². The van der Waals surface area contributed by atoms with Crippen molar-refractivity contribution in [3.63, 3.8) is 0 Å². The molecule has 14 rings (SSSR count). The molecule has 6 heteroatoms. The molecule has 462 valence electrons. The summed E-state index contributed by atoms with van der Waals surface area (Å²) < 4.78 is 0. The van der Waals surface area contributed by atoms with Crippen molar-refractivity contribution in [2.45, 2.75) is 27.7 Å². The van der Waals surface area contributed by atoms with Crippen molar-refractivity contribution in [3.8, 4) is 33.6 Å². The Morgan fingerprint density at radius 3 is 0.688 bits per heavy atom. The molecule has 0 unspecified atom stereocenters. The molecule has 0 aliphatic heterocycles. The van der Waals surface area contributed by atoms with Gasteiger partial charge < -0.3 is 19.6 Å². The maximum atomic E-state index is 4.77. The number of aryl methyl sites for hydroxylation is 4. The molecular formula is C90H72N6. The van der Waals surface area contributed by atoms with Crippen LogP contribution in [0.4, 0.5) is 68.2 Å². The minimum atomic E-state index is 0.808. The number of para-hydroxylation sites is 2. The van der Waals surface area contributed by atoms with Gasteiger partial charge in [-0.2, -0.15) is 0 Å². The zero-order valence-electron chi connectivity index (χ0n) is 54.3. The average Bonchev–Trinajstić information content (AvgIpc) is 0.991. The lowest BCUT2D eigenvalue weighted by Gasteiger charge is -2.26. The van der Waals surface area contributed by atoms with E-state index in [4.69, 9.17) is 9.97 Å². The predicted molar refractivity (Wildman–Crippen MR) is 407 cm³/mol. The molecule has 0 N–H and O–H groups in total. The van der Waals surface area contributed by atoms with Crippen LogP contribution in [0, 0.1) is 27.7 Å². The predicted octanol–water partition coefficient (Wildman–Crippen LogP) is 24.9. The van der Waals surface area contributed by atoms with Crippen LogP contribution >= 0.6 is 0 Å². The Bertz CT molecular complexity index is 4690. The second-order valence-electron chi connectivity index (χ2n) is 24.4. The van der Waals surface area contributed by atoms with Crippen LogP contribution in [0.1, 0.15) is 44.5 Å². The number of hydrogen-bond acceptors (Lipinski definition) is 6. The van der Waals surface area contributed by atoms with Gasteiger partial charge in [-0.1, -0.05) is 182 Å². The van der Waals surface area contributed by atoms with Crippen LogP contribution in [0.15, 0.2) is 340 Å². The molecule has 0 aliphatic carbocycles. The first-order valence-electron chi connectivity index (χ1n) is 32.7. The van der Waals surface area contributed by atoms with Crippen LogP contribution in [0.2, 0.25) is 0 Å². The lowest BCUT2D eigenvalue weighted by molar-refractivity contribution is 1.24. The molecule has 14 aromatic rings. The molecule has 0 bridgehead atoms. The second kappa shape index (κ2) is 28.2. The van der Waals surface area contributed by atoms with Crippen molar-refractivity contribution >= 4 is 92.6 Å². The van der Waals surface area contributed by atoms with Crippen molar-refractivity contribution in [2.24, 2.45) is 0 Å². The molecule has 2 aromatic heterocycles. The molecule has 0 saturated heterocycles. The summed E-state index contributed by atoms with van der Waals surface area (Å²) in [6, 6.07) is 117. The van der Waals surface area contributed by atoms with Gasteiger partial charge in [-0.3, -0.25) is 9.97 Å². The molecule has 0 radical (unpaired) electrons. The largest absolute Gasteiger partial charge is 0.310 e. The quantitative estimate of drug-likeness (QED) is 0.0803. The van der Waals surface area contributed by atoms with Gasteiger partial charge in [0.2, 0.25) is 0 Å². The van der Waals surface area contributed by atoms with Crippen LogP contribution in [0.3, 0.4) is 0 Å². The lowest BCUT2D eigenvalue weighted by Crippen LogP contribution is -2.10. The van der Waals surface area contributed by atoms with E-state index in [1.165, 1.54) is 22.3 Å². The van der Waals surface area contributed by atoms with Gasteiger partial charge in [0, 0.05) is 80.6 Å². The summed E-state index contributed by atoms with van der Waals surface area (Å²) in [5, 5.41) is 0. The fraction of sp³-hybridized carbons (Fsp3) is 0.0444. The molecule has 0 fully saturated rings. The smallest absolute Gasteiger partial charge is 0.0892 e. The van der Waals surface area contributed by atoms with Crippen molar-refractivity contribution in [2.75, 3.05) is 19.6 Å². The lowest BCUT2D eigenvalue weighted by atomic mass is 10.0. The van der Waals surface area contributed by atoms with E-state index in [1.807, 2.05) is 24.5 Å². The van der Waals surface area contributed by atoms with Gasteiger partial charge in [0.25, 0.3) is 0 Å². The van der Waals surface area contributed by atoms with Crippen molar-refractivity contribution in [1.29, 1.82) is 0 Å². The molecule has 0 amide bonds. The third kappa shape index (κ3) is 14.2. The van der Waals surface area contributed by atoms with Gasteiger partial charge in [0.15, 0.2) is 0 Å². The minimum absolute atomic E-state index is 0.808. The number of aromatic nitrogens is 2. The molecule has 2 heterocycles. The standard InChI is InChI=1S/C90H72N6/c1-65-15-11-23-85(59-65)93(77-19-7-5-8-20-77)81-47-35-73(36-48-81)75-39-51-83(52-40-75)95(87-25-13-17-67(3)61-87)79-43-31-69(32-44-79)27-29-71-55-57-91-89(63-71)90-64-72(56-58-92-90)30-28-70-33-45-80(46-34-70)96(88-26-14-18-68(4)62-88)84-53-41-76(42-54-84)74-37-49-82(50-38-74)94(78-21-9-6-10-22-78)86-24-12-16-66(2)60-86/h5-64H,1-4H3/b29-27+,30-28+. The average molecular weight is 1240 g/mol. The summed E-state index contributed by atoms with van der Waals surface area (Å²) in [6.07, 6.45) is 12.3. The summed E-state index contributed by atoms with van der Waals surface area (Å²) in [6.45, 7) is 8.57. The maximum Gasteiger partial charge on any atom is 0.0892 e. The Labute approximate surface area is 564 Å². The third-order valence-corrected chi connectivity index (χ3v) is 17.3. The van der Waals surface area contributed by atoms with Crippen molar-refractivity contribution in [1.82, 2.24) is 9.97 Å². The summed E-state index contributed by atoms with van der Waals surface area (Å²) in [5.41, 5.74) is 28.6. The second-order valence-corrected chi connectivity index (χ2v) is 24.4. The summed E-state index contributed by atoms with van der Waals surface area (Å²) in [4.78, 5) is 18.8. The molecule has 0 saturated carbocycles. The topological polar surface area (TPSA) is 38.7 Å². The Kier molecular flexibility index (Phi) is 18.0. The molecule has 6 nitrogen and oxygen atoms in total. The SMILES string of the molecule is Cc1cccc(N(c2ccccc2)c2ccc(-c3ccc(N(c4ccc(/C=C/c5ccnc(-c6cc(/C=C/c7ccc(N(c8ccc(-c9ccc(N(c%10ccccc%10)c%10cccc(C)c%10)cc9)cc8)c8cccc(C)c8)cc7)ccn6)c5)cc4)c4cccc(C)c4)cc3)cc2)c1. The highest BCUT2D eigenvalue weighted by Crippen LogP contribution is 2.42. The summed E-state index contributed by atoms with van der Waals surface area (Å²) in [5.74, 6) is 0. The van der Waals surface area contributed by atoms with Crippen LogP contribution in [0.5, 0.6) is 0 Å².